The maximum absolute atomic E-state index is 4.23. The summed E-state index contributed by atoms with van der Waals surface area (Å²) < 4.78 is 2.01. The first-order chi connectivity index (χ1) is 8.53. The number of rotatable bonds is 4. The number of quaternary nitrogens is 1. The number of nitrogens with one attached hydrogen (secondary N) is 1. The van der Waals surface area contributed by atoms with Crippen molar-refractivity contribution in [3.8, 4) is 0 Å². The van der Waals surface area contributed by atoms with Gasteiger partial charge in [-0.1, -0.05) is 13.8 Å². The second kappa shape index (κ2) is 5.34. The molecule has 18 heavy (non-hydrogen) atoms. The van der Waals surface area contributed by atoms with Gasteiger partial charge in [-0.05, 0) is 43.5 Å². The molecular formula is C13H26N5+. The summed E-state index contributed by atoms with van der Waals surface area (Å²) in [6.07, 6.45) is 3.74. The van der Waals surface area contributed by atoms with Crippen LogP contribution in [0, 0.1) is 5.92 Å². The van der Waals surface area contributed by atoms with Crippen LogP contribution in [0.2, 0.25) is 0 Å². The molecule has 2 atom stereocenters. The second-order valence-corrected chi connectivity index (χ2v) is 6.30. The van der Waals surface area contributed by atoms with E-state index in [0.717, 1.165) is 24.7 Å². The monoisotopic (exact) mass is 252 g/mol. The number of nitrogens with zero attached hydrogens (tertiary/aromatic N) is 4. The van der Waals surface area contributed by atoms with Crippen LogP contribution in [0.3, 0.4) is 0 Å². The Morgan fingerprint density at radius 2 is 2.22 bits per heavy atom. The summed E-state index contributed by atoms with van der Waals surface area (Å²) in [5.41, 5.74) is 0.0136. The van der Waals surface area contributed by atoms with Gasteiger partial charge in [-0.3, -0.25) is 0 Å². The molecule has 0 bridgehead atoms. The van der Waals surface area contributed by atoms with Crippen molar-refractivity contribution in [3.05, 3.63) is 5.82 Å². The van der Waals surface area contributed by atoms with Gasteiger partial charge in [-0.15, -0.1) is 5.10 Å². The van der Waals surface area contributed by atoms with E-state index in [0.29, 0.717) is 0 Å². The van der Waals surface area contributed by atoms with Gasteiger partial charge in [0.1, 0.15) is 6.54 Å². The SMILES string of the molecule is CCC(C)(C)n1nnnc1C[NH+]1CCC[C@H](C)C1. The predicted molar refractivity (Wildman–Crippen MR) is 70.2 cm³/mol. The van der Waals surface area contributed by atoms with E-state index in [1.807, 2.05) is 4.68 Å². The van der Waals surface area contributed by atoms with Gasteiger partial charge in [-0.25, -0.2) is 4.68 Å². The van der Waals surface area contributed by atoms with Gasteiger partial charge in [0.05, 0.1) is 18.6 Å². The molecule has 1 aromatic rings. The molecule has 5 nitrogen and oxygen atoms in total. The first-order valence-electron chi connectivity index (χ1n) is 7.14. The van der Waals surface area contributed by atoms with Crippen molar-refractivity contribution >= 4 is 0 Å². The number of hydrogen-bond acceptors (Lipinski definition) is 3. The van der Waals surface area contributed by atoms with Gasteiger partial charge in [0.2, 0.25) is 5.82 Å². The van der Waals surface area contributed by atoms with Gasteiger partial charge in [0, 0.05) is 5.92 Å². The third-order valence-corrected chi connectivity index (χ3v) is 4.25. The van der Waals surface area contributed by atoms with Crippen molar-refractivity contribution < 1.29 is 4.90 Å². The molecule has 1 aliphatic heterocycles. The maximum atomic E-state index is 4.23. The molecule has 0 spiro atoms. The molecule has 0 saturated carbocycles. The fourth-order valence-electron chi connectivity index (χ4n) is 2.72. The molecule has 1 unspecified atom stereocenters. The molecule has 5 heteroatoms. The van der Waals surface area contributed by atoms with Gasteiger partial charge in [0.25, 0.3) is 0 Å². The fourth-order valence-corrected chi connectivity index (χ4v) is 2.72. The van der Waals surface area contributed by atoms with Crippen molar-refractivity contribution in [2.24, 2.45) is 5.92 Å². The molecule has 1 aliphatic rings. The molecule has 1 N–H and O–H groups in total. The average Bonchev–Trinajstić information content (AvgIpc) is 2.78. The topological polar surface area (TPSA) is 48.0 Å². The molecule has 1 fully saturated rings. The van der Waals surface area contributed by atoms with Crippen LogP contribution in [-0.4, -0.2) is 33.3 Å². The van der Waals surface area contributed by atoms with Crippen LogP contribution in [0.15, 0.2) is 0 Å². The van der Waals surface area contributed by atoms with Crippen LogP contribution >= 0.6 is 0 Å². The summed E-state index contributed by atoms with van der Waals surface area (Å²) in [6, 6.07) is 0. The number of aromatic nitrogens is 4. The van der Waals surface area contributed by atoms with Crippen molar-refractivity contribution in [1.29, 1.82) is 0 Å². The molecular weight excluding hydrogens is 226 g/mol. The Morgan fingerprint density at radius 3 is 2.89 bits per heavy atom. The number of hydrogen-bond donors (Lipinski definition) is 1. The standard InChI is InChI=1S/C13H25N5/c1-5-13(3,4)18-12(14-15-16-18)10-17-8-6-7-11(2)9-17/h11H,5-10H2,1-4H3/p+1/t11-/m0/s1. The van der Waals surface area contributed by atoms with Crippen LogP contribution in [0.5, 0.6) is 0 Å². The van der Waals surface area contributed by atoms with Crippen molar-refractivity contribution in [1.82, 2.24) is 20.2 Å². The van der Waals surface area contributed by atoms with E-state index in [-0.39, 0.29) is 5.54 Å². The zero-order valence-electron chi connectivity index (χ0n) is 12.1. The number of piperidine rings is 1. The van der Waals surface area contributed by atoms with Crippen LogP contribution in [-0.2, 0) is 12.1 Å². The molecule has 1 aromatic heterocycles. The molecule has 1 saturated heterocycles. The van der Waals surface area contributed by atoms with Crippen molar-refractivity contribution in [3.63, 3.8) is 0 Å². The zero-order valence-corrected chi connectivity index (χ0v) is 12.1. The van der Waals surface area contributed by atoms with Crippen LogP contribution in [0.25, 0.3) is 0 Å². The van der Waals surface area contributed by atoms with E-state index >= 15 is 0 Å². The Balaban J connectivity index is 2.08. The van der Waals surface area contributed by atoms with E-state index in [2.05, 4.69) is 43.2 Å². The van der Waals surface area contributed by atoms with E-state index in [9.17, 15) is 0 Å². The Morgan fingerprint density at radius 1 is 1.44 bits per heavy atom. The lowest BCUT2D eigenvalue weighted by molar-refractivity contribution is -0.922. The Hall–Kier alpha value is -0.970. The van der Waals surface area contributed by atoms with E-state index in [1.165, 1.54) is 25.9 Å². The molecule has 0 aromatic carbocycles. The third kappa shape index (κ3) is 2.88. The van der Waals surface area contributed by atoms with E-state index in [4.69, 9.17) is 0 Å². The predicted octanol–water partition coefficient (Wildman–Crippen LogP) is 0.633. The molecule has 102 valence electrons. The minimum Gasteiger partial charge on any atom is -0.328 e. The highest BCUT2D eigenvalue weighted by molar-refractivity contribution is 4.86. The quantitative estimate of drug-likeness (QED) is 0.855. The highest BCUT2D eigenvalue weighted by Crippen LogP contribution is 2.18. The molecule has 0 amide bonds. The molecule has 2 rings (SSSR count). The number of tetrazole rings is 1. The Bertz CT molecular complexity index is 384. The van der Waals surface area contributed by atoms with Gasteiger partial charge in [0.15, 0.2) is 0 Å². The second-order valence-electron chi connectivity index (χ2n) is 6.30. The highest BCUT2D eigenvalue weighted by atomic mass is 15.6. The van der Waals surface area contributed by atoms with E-state index in [1.54, 1.807) is 4.90 Å². The average molecular weight is 252 g/mol. The summed E-state index contributed by atoms with van der Waals surface area (Å²) in [7, 11) is 0. The van der Waals surface area contributed by atoms with Crippen molar-refractivity contribution in [2.75, 3.05) is 13.1 Å². The third-order valence-electron chi connectivity index (χ3n) is 4.25. The molecule has 0 radical (unpaired) electrons. The first-order valence-corrected chi connectivity index (χ1v) is 7.14. The maximum Gasteiger partial charge on any atom is 0.206 e. The smallest absolute Gasteiger partial charge is 0.206 e. The minimum absolute atomic E-state index is 0.0136. The Kier molecular flexibility index (Phi) is 4.00. The first kappa shape index (κ1) is 13.5. The zero-order chi connectivity index (χ0) is 13.2. The summed E-state index contributed by atoms with van der Waals surface area (Å²) in [5, 5.41) is 12.3. The van der Waals surface area contributed by atoms with Crippen LogP contribution in [0.1, 0.15) is 52.8 Å². The van der Waals surface area contributed by atoms with Crippen molar-refractivity contribution in [2.45, 2.75) is 59.0 Å². The largest absolute Gasteiger partial charge is 0.328 e. The van der Waals surface area contributed by atoms with Crippen LogP contribution < -0.4 is 4.90 Å². The normalized spacial score (nSPS) is 25.3. The van der Waals surface area contributed by atoms with Gasteiger partial charge >= 0.3 is 0 Å². The van der Waals surface area contributed by atoms with Gasteiger partial charge in [-0.2, -0.15) is 0 Å². The lowest BCUT2D eigenvalue weighted by atomic mass is 10.00. The molecule has 0 aliphatic carbocycles. The van der Waals surface area contributed by atoms with E-state index < -0.39 is 0 Å². The van der Waals surface area contributed by atoms with Gasteiger partial charge < -0.3 is 4.90 Å². The summed E-state index contributed by atoms with van der Waals surface area (Å²) in [6.45, 7) is 12.4. The lowest BCUT2D eigenvalue weighted by Crippen LogP contribution is -3.12. The highest BCUT2D eigenvalue weighted by Gasteiger charge is 2.27. The summed E-state index contributed by atoms with van der Waals surface area (Å²) >= 11 is 0. The Labute approximate surface area is 110 Å². The summed E-state index contributed by atoms with van der Waals surface area (Å²) in [4.78, 5) is 1.62. The molecule has 2 heterocycles. The lowest BCUT2D eigenvalue weighted by Gasteiger charge is -2.29. The number of likely N-dealkylation sites (tertiary alicyclic amines) is 1. The minimum atomic E-state index is 0.0136. The van der Waals surface area contributed by atoms with Crippen LogP contribution in [0.4, 0.5) is 0 Å². The summed E-state index contributed by atoms with van der Waals surface area (Å²) in [5.74, 6) is 1.86. The fraction of sp³-hybridized carbons (Fsp3) is 0.923.